The molecule has 0 aliphatic heterocycles. The van der Waals surface area contributed by atoms with Gasteiger partial charge in [0.2, 0.25) is 0 Å². The molecule has 74 valence electrons. The van der Waals surface area contributed by atoms with Gasteiger partial charge in [0.15, 0.2) is 0 Å². The van der Waals surface area contributed by atoms with Crippen LogP contribution < -0.4 is 0 Å². The van der Waals surface area contributed by atoms with Crippen LogP contribution in [0.25, 0.3) is 0 Å². The van der Waals surface area contributed by atoms with Crippen LogP contribution in [-0.4, -0.2) is 67.8 Å². The van der Waals surface area contributed by atoms with Crippen molar-refractivity contribution in [3.8, 4) is 0 Å². The SMILES string of the molecule is O=S(=O)(O)OB(O)OS(=O)(=O)O.[NaH]. The maximum atomic E-state index is 9.74. The van der Waals surface area contributed by atoms with E-state index in [0.717, 1.165) is 0 Å². The monoisotopic (exact) mass is 246 g/mol. The summed E-state index contributed by atoms with van der Waals surface area (Å²) in [5, 5.41) is 8.20. The van der Waals surface area contributed by atoms with Gasteiger partial charge < -0.3 is 5.02 Å². The molecular weight excluding hydrogens is 242 g/mol. The van der Waals surface area contributed by atoms with Gasteiger partial charge in [-0.1, -0.05) is 0 Å². The molecule has 0 amide bonds. The number of rotatable bonds is 4. The summed E-state index contributed by atoms with van der Waals surface area (Å²) >= 11 is 0. The Kier molecular flexibility index (Phi) is 6.98. The molecule has 13 heteroatoms. The Morgan fingerprint density at radius 1 is 0.923 bits per heavy atom. The van der Waals surface area contributed by atoms with Gasteiger partial charge in [0, 0.05) is 0 Å². The first-order valence-electron chi connectivity index (χ1n) is 2.09. The molecule has 0 atom stereocenters. The first-order valence-corrected chi connectivity index (χ1v) is 4.83. The molecule has 0 aliphatic carbocycles. The van der Waals surface area contributed by atoms with Crippen LogP contribution in [-0.2, 0) is 29.0 Å². The van der Waals surface area contributed by atoms with Gasteiger partial charge in [0.1, 0.15) is 0 Å². The molecule has 3 N–H and O–H groups in total. The molecule has 0 aromatic carbocycles. The third-order valence-corrected chi connectivity index (χ3v) is 1.22. The average molecular weight is 246 g/mol. The molecule has 0 spiro atoms. The van der Waals surface area contributed by atoms with Crippen molar-refractivity contribution >= 4 is 57.7 Å². The summed E-state index contributed by atoms with van der Waals surface area (Å²) in [6.45, 7) is 0. The minimum atomic E-state index is -5.05. The fourth-order valence-electron chi connectivity index (χ4n) is 0.224. The Hall–Kier alpha value is 0.765. The van der Waals surface area contributed by atoms with Crippen molar-refractivity contribution in [1.29, 1.82) is 0 Å². The molecule has 0 aromatic heterocycles. The normalized spacial score (nSPS) is 11.9. The maximum absolute atomic E-state index is 9.74. The van der Waals surface area contributed by atoms with E-state index in [-0.39, 0.29) is 29.6 Å². The van der Waals surface area contributed by atoms with E-state index in [4.69, 9.17) is 14.1 Å². The summed E-state index contributed by atoms with van der Waals surface area (Å²) < 4.78 is 60.9. The quantitative estimate of drug-likeness (QED) is 0.347. The zero-order chi connectivity index (χ0) is 9.99. The van der Waals surface area contributed by atoms with Crippen molar-refractivity contribution in [1.82, 2.24) is 0 Å². The molecule has 0 rings (SSSR count). The second-order valence-electron chi connectivity index (χ2n) is 1.35. The molecule has 0 aromatic rings. The molecule has 0 radical (unpaired) electrons. The molecule has 0 saturated heterocycles. The van der Waals surface area contributed by atoms with E-state index in [1.165, 1.54) is 0 Å². The third-order valence-electron chi connectivity index (χ3n) is 0.408. The van der Waals surface area contributed by atoms with Crippen molar-refractivity contribution in [3.63, 3.8) is 0 Å². The van der Waals surface area contributed by atoms with Crippen LogP contribution in [0.15, 0.2) is 0 Å². The molecule has 0 aliphatic rings. The van der Waals surface area contributed by atoms with E-state index >= 15 is 0 Å². The first-order chi connectivity index (χ1) is 5.10. The molecule has 9 nitrogen and oxygen atoms in total. The standard InChI is InChI=1S/BH3O9S2.Na.H/c2-1(9-11(3,4)5)10-12(6,7)8;;/h2H,(H,3,4,5)(H,6,7,8);;. The molecule has 0 bridgehead atoms. The van der Waals surface area contributed by atoms with E-state index in [1.54, 1.807) is 0 Å². The van der Waals surface area contributed by atoms with E-state index < -0.39 is 28.1 Å². The summed E-state index contributed by atoms with van der Waals surface area (Å²) in [7, 11) is -12.9. The average Bonchev–Trinajstić information content (AvgIpc) is 1.49. The van der Waals surface area contributed by atoms with E-state index in [9.17, 15) is 16.8 Å². The second kappa shape index (κ2) is 5.60. The van der Waals surface area contributed by atoms with E-state index in [1.807, 2.05) is 0 Å². The van der Waals surface area contributed by atoms with Crippen LogP contribution in [0, 0.1) is 0 Å². The van der Waals surface area contributed by atoms with Crippen LogP contribution in [0.2, 0.25) is 0 Å². The van der Waals surface area contributed by atoms with Crippen LogP contribution in [0.1, 0.15) is 0 Å². The first kappa shape index (κ1) is 16.2. The molecule has 0 fully saturated rings. The Labute approximate surface area is 96.4 Å². The predicted molar refractivity (Wildman–Crippen MR) is 40.4 cm³/mol. The molecule has 0 heterocycles. The Balaban J connectivity index is 0. The van der Waals surface area contributed by atoms with E-state index in [2.05, 4.69) is 8.20 Å². The van der Waals surface area contributed by atoms with Gasteiger partial charge in [0.25, 0.3) is 0 Å². The van der Waals surface area contributed by atoms with Crippen molar-refractivity contribution in [2.24, 2.45) is 0 Å². The Morgan fingerprint density at radius 2 is 1.15 bits per heavy atom. The summed E-state index contributed by atoms with van der Waals surface area (Å²) in [6, 6.07) is 0. The van der Waals surface area contributed by atoms with Crippen molar-refractivity contribution in [3.05, 3.63) is 0 Å². The van der Waals surface area contributed by atoms with Gasteiger partial charge >= 0.3 is 57.7 Å². The zero-order valence-corrected chi connectivity index (χ0v) is 6.82. The van der Waals surface area contributed by atoms with Gasteiger partial charge in [-0.3, -0.25) is 9.11 Å². The van der Waals surface area contributed by atoms with Crippen LogP contribution in [0.3, 0.4) is 0 Å². The summed E-state index contributed by atoms with van der Waals surface area (Å²) in [4.78, 5) is 0. The molecule has 13 heavy (non-hydrogen) atoms. The molecule has 0 saturated carbocycles. The van der Waals surface area contributed by atoms with Crippen LogP contribution in [0.4, 0.5) is 0 Å². The van der Waals surface area contributed by atoms with Crippen molar-refractivity contribution in [2.45, 2.75) is 0 Å². The van der Waals surface area contributed by atoms with Crippen molar-refractivity contribution in [2.75, 3.05) is 0 Å². The van der Waals surface area contributed by atoms with Gasteiger partial charge in [-0.05, 0) is 0 Å². The molecular formula is H4BNaO9S2. The minimum absolute atomic E-state index is 0. The summed E-state index contributed by atoms with van der Waals surface area (Å²) in [6.07, 6.45) is 0. The van der Waals surface area contributed by atoms with Crippen LogP contribution >= 0.6 is 0 Å². The summed E-state index contributed by atoms with van der Waals surface area (Å²) in [5.74, 6) is 0. The molecule has 0 unspecified atom stereocenters. The third kappa shape index (κ3) is 12.8. The fourth-order valence-corrected chi connectivity index (χ4v) is 0.768. The predicted octanol–water partition coefficient (Wildman–Crippen LogP) is -3.05. The van der Waals surface area contributed by atoms with Gasteiger partial charge in [-0.15, -0.1) is 0 Å². The van der Waals surface area contributed by atoms with Crippen molar-refractivity contribution < 1.29 is 39.2 Å². The topological polar surface area (TPSA) is 147 Å². The number of hydrogen-bond donors (Lipinski definition) is 3. The fraction of sp³-hybridized carbons (Fsp3) is 0. The van der Waals surface area contributed by atoms with E-state index in [0.29, 0.717) is 0 Å². The van der Waals surface area contributed by atoms with Crippen LogP contribution in [0.5, 0.6) is 0 Å². The van der Waals surface area contributed by atoms with Gasteiger partial charge in [0.05, 0.1) is 0 Å². The van der Waals surface area contributed by atoms with Gasteiger partial charge in [-0.25, -0.2) is 8.20 Å². The summed E-state index contributed by atoms with van der Waals surface area (Å²) in [5.41, 5.74) is 0. The Bertz CT molecular complexity index is 291. The zero-order valence-electron chi connectivity index (χ0n) is 5.18. The number of hydrogen-bond acceptors (Lipinski definition) is 7. The van der Waals surface area contributed by atoms with Gasteiger partial charge in [-0.2, -0.15) is 16.8 Å². The second-order valence-corrected chi connectivity index (χ2v) is 3.45. The Morgan fingerprint density at radius 3 is 1.31 bits per heavy atom.